The van der Waals surface area contributed by atoms with Crippen LogP contribution in [-0.2, 0) is 0 Å². The second kappa shape index (κ2) is 5.93. The number of phenolic OH excluding ortho intramolecular Hbond substituents is 1. The molecule has 5 heteroatoms. The molecule has 1 N–H and O–H groups in total. The maximum Gasteiger partial charge on any atom is 0.140 e. The Morgan fingerprint density at radius 1 is 1.32 bits per heavy atom. The average Bonchev–Trinajstić information content (AvgIpc) is 3.08. The molecule has 0 aliphatic heterocycles. The van der Waals surface area contributed by atoms with Gasteiger partial charge in [-0.05, 0) is 32.4 Å². The van der Waals surface area contributed by atoms with Crippen molar-refractivity contribution < 1.29 is 5.11 Å². The molecular formula is C17H19N3OS. The Kier molecular flexibility index (Phi) is 3.98. The van der Waals surface area contributed by atoms with E-state index in [1.54, 1.807) is 29.7 Å². The SMILES string of the molecule is CC[C@@H](c1nc(C)c(C)s1)n1ccnc1-c1cccc(O)c1. The van der Waals surface area contributed by atoms with Crippen molar-refractivity contribution in [2.24, 2.45) is 0 Å². The molecule has 0 fully saturated rings. The number of hydrogen-bond acceptors (Lipinski definition) is 4. The van der Waals surface area contributed by atoms with Crippen molar-refractivity contribution >= 4 is 11.3 Å². The quantitative estimate of drug-likeness (QED) is 0.780. The second-order valence-electron chi connectivity index (χ2n) is 5.33. The van der Waals surface area contributed by atoms with Gasteiger partial charge >= 0.3 is 0 Å². The molecule has 0 saturated heterocycles. The number of benzene rings is 1. The Morgan fingerprint density at radius 2 is 2.14 bits per heavy atom. The van der Waals surface area contributed by atoms with Crippen LogP contribution in [0.15, 0.2) is 36.7 Å². The van der Waals surface area contributed by atoms with E-state index < -0.39 is 0 Å². The largest absolute Gasteiger partial charge is 0.508 e. The van der Waals surface area contributed by atoms with Crippen molar-refractivity contribution in [1.29, 1.82) is 0 Å². The predicted molar refractivity (Wildman–Crippen MR) is 89.3 cm³/mol. The third-order valence-corrected chi connectivity index (χ3v) is 5.00. The van der Waals surface area contributed by atoms with E-state index in [9.17, 15) is 5.11 Å². The third kappa shape index (κ3) is 2.64. The summed E-state index contributed by atoms with van der Waals surface area (Å²) < 4.78 is 2.15. The van der Waals surface area contributed by atoms with E-state index in [0.29, 0.717) is 0 Å². The Bertz CT molecular complexity index is 771. The molecule has 0 radical (unpaired) electrons. The summed E-state index contributed by atoms with van der Waals surface area (Å²) in [4.78, 5) is 10.4. The molecule has 0 aliphatic rings. The third-order valence-electron chi connectivity index (χ3n) is 3.83. The molecule has 0 spiro atoms. The van der Waals surface area contributed by atoms with E-state index >= 15 is 0 Å². The first-order valence-electron chi connectivity index (χ1n) is 7.36. The zero-order valence-corrected chi connectivity index (χ0v) is 13.8. The molecule has 22 heavy (non-hydrogen) atoms. The summed E-state index contributed by atoms with van der Waals surface area (Å²) in [7, 11) is 0. The van der Waals surface area contributed by atoms with E-state index in [2.05, 4.69) is 23.4 Å². The van der Waals surface area contributed by atoms with Gasteiger partial charge in [-0.2, -0.15) is 0 Å². The lowest BCUT2D eigenvalue weighted by Gasteiger charge is -2.17. The highest BCUT2D eigenvalue weighted by molar-refractivity contribution is 7.11. The Hall–Kier alpha value is -2.14. The van der Waals surface area contributed by atoms with Gasteiger partial charge in [0.1, 0.15) is 16.6 Å². The van der Waals surface area contributed by atoms with Crippen LogP contribution in [0.1, 0.15) is 35.0 Å². The minimum atomic E-state index is 0.164. The van der Waals surface area contributed by atoms with Crippen LogP contribution in [0.25, 0.3) is 11.4 Å². The molecular weight excluding hydrogens is 294 g/mol. The molecule has 0 aliphatic carbocycles. The van der Waals surface area contributed by atoms with Gasteiger partial charge < -0.3 is 9.67 Å². The summed E-state index contributed by atoms with van der Waals surface area (Å²) in [6.07, 6.45) is 4.73. The van der Waals surface area contributed by atoms with Gasteiger partial charge in [0.05, 0.1) is 11.7 Å². The van der Waals surface area contributed by atoms with Crippen LogP contribution in [0.3, 0.4) is 0 Å². The zero-order chi connectivity index (χ0) is 15.7. The lowest BCUT2D eigenvalue weighted by molar-refractivity contribution is 0.475. The van der Waals surface area contributed by atoms with Gasteiger partial charge in [-0.15, -0.1) is 11.3 Å². The monoisotopic (exact) mass is 313 g/mol. The molecule has 3 rings (SSSR count). The standard InChI is InChI=1S/C17H19N3OS/c1-4-15(17-19-11(2)12(3)22-17)20-9-8-18-16(20)13-6-5-7-14(21)10-13/h5-10,15,21H,4H2,1-3H3/t15-/m0/s1. The highest BCUT2D eigenvalue weighted by Gasteiger charge is 2.20. The van der Waals surface area contributed by atoms with Crippen molar-refractivity contribution in [2.45, 2.75) is 33.2 Å². The van der Waals surface area contributed by atoms with Gasteiger partial charge in [-0.25, -0.2) is 9.97 Å². The van der Waals surface area contributed by atoms with Crippen LogP contribution >= 0.6 is 11.3 Å². The molecule has 0 unspecified atom stereocenters. The molecule has 0 saturated carbocycles. The Labute approximate surface area is 134 Å². The van der Waals surface area contributed by atoms with E-state index in [1.165, 1.54) is 4.88 Å². The van der Waals surface area contributed by atoms with Crippen molar-refractivity contribution in [3.05, 3.63) is 52.2 Å². The van der Waals surface area contributed by atoms with Crippen molar-refractivity contribution in [3.8, 4) is 17.1 Å². The molecule has 114 valence electrons. The summed E-state index contributed by atoms with van der Waals surface area (Å²) in [6.45, 7) is 6.31. The topological polar surface area (TPSA) is 50.9 Å². The Balaban J connectivity index is 2.06. The number of thiazole rings is 1. The number of aromatic nitrogens is 3. The van der Waals surface area contributed by atoms with E-state index in [4.69, 9.17) is 4.98 Å². The molecule has 4 nitrogen and oxygen atoms in total. The predicted octanol–water partition coefficient (Wildman–Crippen LogP) is 4.33. The summed E-state index contributed by atoms with van der Waals surface area (Å²) >= 11 is 1.74. The number of imidazole rings is 1. The fraction of sp³-hybridized carbons (Fsp3) is 0.294. The number of aromatic hydroxyl groups is 1. The highest BCUT2D eigenvalue weighted by atomic mass is 32.1. The highest BCUT2D eigenvalue weighted by Crippen LogP contribution is 2.32. The van der Waals surface area contributed by atoms with Gasteiger partial charge in [0.25, 0.3) is 0 Å². The number of aryl methyl sites for hydroxylation is 2. The Morgan fingerprint density at radius 3 is 2.77 bits per heavy atom. The fourth-order valence-corrected chi connectivity index (χ4v) is 3.67. The number of phenols is 1. The lowest BCUT2D eigenvalue weighted by Crippen LogP contribution is -2.10. The molecule has 0 bridgehead atoms. The van der Waals surface area contributed by atoms with Crippen LogP contribution in [0.5, 0.6) is 5.75 Å². The van der Waals surface area contributed by atoms with Crippen molar-refractivity contribution in [2.75, 3.05) is 0 Å². The van der Waals surface area contributed by atoms with Crippen LogP contribution < -0.4 is 0 Å². The first kappa shape index (κ1) is 14.8. The van der Waals surface area contributed by atoms with Crippen molar-refractivity contribution in [3.63, 3.8) is 0 Å². The summed E-state index contributed by atoms with van der Waals surface area (Å²) in [5.74, 6) is 1.11. The summed E-state index contributed by atoms with van der Waals surface area (Å²) in [5, 5.41) is 10.8. The molecule has 2 aromatic heterocycles. The summed E-state index contributed by atoms with van der Waals surface area (Å²) in [6, 6.07) is 7.37. The maximum atomic E-state index is 9.71. The zero-order valence-electron chi connectivity index (χ0n) is 12.9. The van der Waals surface area contributed by atoms with E-state index in [1.807, 2.05) is 25.3 Å². The van der Waals surface area contributed by atoms with E-state index in [-0.39, 0.29) is 11.8 Å². The smallest absolute Gasteiger partial charge is 0.140 e. The number of rotatable bonds is 4. The van der Waals surface area contributed by atoms with Crippen molar-refractivity contribution in [1.82, 2.24) is 14.5 Å². The van der Waals surface area contributed by atoms with Gasteiger partial charge in [0, 0.05) is 22.8 Å². The molecule has 3 aromatic rings. The molecule has 2 heterocycles. The van der Waals surface area contributed by atoms with E-state index in [0.717, 1.165) is 28.5 Å². The first-order chi connectivity index (χ1) is 10.6. The lowest BCUT2D eigenvalue weighted by atomic mass is 10.1. The summed E-state index contributed by atoms with van der Waals surface area (Å²) in [5.41, 5.74) is 2.01. The maximum absolute atomic E-state index is 9.71. The van der Waals surface area contributed by atoms with Gasteiger partial charge in [0.2, 0.25) is 0 Å². The average molecular weight is 313 g/mol. The normalized spacial score (nSPS) is 12.5. The van der Waals surface area contributed by atoms with Crippen LogP contribution in [0.4, 0.5) is 0 Å². The van der Waals surface area contributed by atoms with Gasteiger partial charge in [-0.1, -0.05) is 19.1 Å². The number of hydrogen-bond donors (Lipinski definition) is 1. The van der Waals surface area contributed by atoms with Crippen LogP contribution in [-0.4, -0.2) is 19.6 Å². The molecule has 0 amide bonds. The molecule has 1 atom stereocenters. The molecule has 1 aromatic carbocycles. The minimum absolute atomic E-state index is 0.164. The second-order valence-corrected chi connectivity index (χ2v) is 6.56. The minimum Gasteiger partial charge on any atom is -0.508 e. The fourth-order valence-electron chi connectivity index (χ4n) is 2.56. The van der Waals surface area contributed by atoms with Crippen LogP contribution in [0, 0.1) is 13.8 Å². The first-order valence-corrected chi connectivity index (χ1v) is 8.18. The van der Waals surface area contributed by atoms with Gasteiger partial charge in [0.15, 0.2) is 0 Å². The van der Waals surface area contributed by atoms with Gasteiger partial charge in [-0.3, -0.25) is 0 Å². The van der Waals surface area contributed by atoms with Crippen LogP contribution in [0.2, 0.25) is 0 Å². The number of nitrogens with zero attached hydrogens (tertiary/aromatic N) is 3.